The van der Waals surface area contributed by atoms with Crippen molar-refractivity contribution in [2.75, 3.05) is 0 Å². The number of hydrogen-bond donors (Lipinski definition) is 1. The molecule has 0 amide bonds. The van der Waals surface area contributed by atoms with Crippen LogP contribution in [0.1, 0.15) is 5.69 Å². The van der Waals surface area contributed by atoms with Crippen molar-refractivity contribution in [3.63, 3.8) is 0 Å². The zero-order valence-electron chi connectivity index (χ0n) is 10.5. The molecule has 0 radical (unpaired) electrons. The second-order valence-electron chi connectivity index (χ2n) is 4.17. The fourth-order valence-corrected chi connectivity index (χ4v) is 2.05. The number of thiocarbonyl (C=S) groups is 1. The van der Waals surface area contributed by atoms with Gasteiger partial charge in [0.25, 0.3) is 0 Å². The van der Waals surface area contributed by atoms with Crippen LogP contribution in [0.5, 0.6) is 11.5 Å². The number of benzene rings is 1. The molecule has 1 aromatic carbocycles. The predicted octanol–water partition coefficient (Wildman–Crippen LogP) is 3.06. The largest absolute Gasteiger partial charge is 0.455 e. The van der Waals surface area contributed by atoms with E-state index in [4.69, 9.17) is 22.7 Å². The zero-order chi connectivity index (χ0) is 13.9. The van der Waals surface area contributed by atoms with Crippen molar-refractivity contribution in [2.45, 2.75) is 0 Å². The van der Waals surface area contributed by atoms with E-state index in [-0.39, 0.29) is 4.99 Å². The summed E-state index contributed by atoms with van der Waals surface area (Å²) in [6.45, 7) is 0. The van der Waals surface area contributed by atoms with E-state index in [2.05, 4.69) is 9.97 Å². The highest BCUT2D eigenvalue weighted by Crippen LogP contribution is 2.26. The highest BCUT2D eigenvalue weighted by Gasteiger charge is 2.08. The molecule has 0 spiro atoms. The number of pyridine rings is 2. The van der Waals surface area contributed by atoms with E-state index in [1.54, 1.807) is 24.5 Å². The van der Waals surface area contributed by atoms with E-state index in [0.29, 0.717) is 17.2 Å². The Labute approximate surface area is 121 Å². The maximum atomic E-state index is 5.81. The van der Waals surface area contributed by atoms with Gasteiger partial charge in [0.2, 0.25) is 0 Å². The Kier molecular flexibility index (Phi) is 3.26. The third-order valence-electron chi connectivity index (χ3n) is 2.81. The van der Waals surface area contributed by atoms with Gasteiger partial charge >= 0.3 is 0 Å². The van der Waals surface area contributed by atoms with Gasteiger partial charge in [0.1, 0.15) is 16.4 Å². The molecule has 20 heavy (non-hydrogen) atoms. The van der Waals surface area contributed by atoms with Crippen LogP contribution in [-0.4, -0.2) is 15.0 Å². The molecule has 0 bridgehead atoms. The first kappa shape index (κ1) is 12.5. The lowest BCUT2D eigenvalue weighted by Crippen LogP contribution is -2.12. The molecule has 2 N–H and O–H groups in total. The molecule has 0 saturated carbocycles. The van der Waals surface area contributed by atoms with Crippen molar-refractivity contribution in [3.8, 4) is 11.5 Å². The molecule has 0 aliphatic rings. The molecule has 3 rings (SSSR count). The average Bonchev–Trinajstić information content (AvgIpc) is 2.47. The number of nitrogens with two attached hydrogens (primary N) is 1. The van der Waals surface area contributed by atoms with Crippen LogP contribution < -0.4 is 10.5 Å². The van der Waals surface area contributed by atoms with Crippen molar-refractivity contribution < 1.29 is 4.74 Å². The summed E-state index contributed by atoms with van der Waals surface area (Å²) in [5.74, 6) is 1.21. The lowest BCUT2D eigenvalue weighted by Gasteiger charge is -2.09. The van der Waals surface area contributed by atoms with Crippen molar-refractivity contribution in [2.24, 2.45) is 5.73 Å². The lowest BCUT2D eigenvalue weighted by atomic mass is 10.2. The third kappa shape index (κ3) is 2.44. The summed E-state index contributed by atoms with van der Waals surface area (Å²) in [4.78, 5) is 8.63. The first-order valence-electron chi connectivity index (χ1n) is 6.01. The zero-order valence-corrected chi connectivity index (χ0v) is 11.3. The molecular weight excluding hydrogens is 270 g/mol. The summed E-state index contributed by atoms with van der Waals surface area (Å²) in [5, 5.41) is 1.06. The molecule has 0 aliphatic carbocycles. The fourth-order valence-electron chi connectivity index (χ4n) is 1.89. The molecule has 0 fully saturated rings. The van der Waals surface area contributed by atoms with Gasteiger partial charge in [-0.15, -0.1) is 0 Å². The summed E-state index contributed by atoms with van der Waals surface area (Å²) < 4.78 is 5.81. The monoisotopic (exact) mass is 281 g/mol. The van der Waals surface area contributed by atoms with E-state index in [0.717, 1.165) is 10.9 Å². The summed E-state index contributed by atoms with van der Waals surface area (Å²) in [6, 6.07) is 13.1. The summed E-state index contributed by atoms with van der Waals surface area (Å²) in [5.41, 5.74) is 6.98. The molecule has 0 aliphatic heterocycles. The minimum absolute atomic E-state index is 0.208. The minimum atomic E-state index is 0.208. The Bertz CT molecular complexity index is 789. The van der Waals surface area contributed by atoms with Crippen LogP contribution in [0.2, 0.25) is 0 Å². The molecule has 2 aromatic heterocycles. The molecule has 0 unspecified atom stereocenters. The SMILES string of the molecule is NC(=S)c1ncccc1Oc1ccc2cccnc2c1. The van der Waals surface area contributed by atoms with Crippen molar-refractivity contribution in [1.82, 2.24) is 9.97 Å². The topological polar surface area (TPSA) is 61.0 Å². The molecule has 98 valence electrons. The first-order chi connectivity index (χ1) is 9.74. The normalized spacial score (nSPS) is 10.4. The van der Waals surface area contributed by atoms with Crippen LogP contribution in [0.25, 0.3) is 10.9 Å². The van der Waals surface area contributed by atoms with Crippen molar-refractivity contribution >= 4 is 28.1 Å². The van der Waals surface area contributed by atoms with Gasteiger partial charge in [0.05, 0.1) is 5.52 Å². The van der Waals surface area contributed by atoms with E-state index in [9.17, 15) is 0 Å². The van der Waals surface area contributed by atoms with Crippen molar-refractivity contribution in [3.05, 3.63) is 60.6 Å². The minimum Gasteiger partial charge on any atom is -0.455 e. The van der Waals surface area contributed by atoms with Crippen LogP contribution in [0.15, 0.2) is 54.9 Å². The van der Waals surface area contributed by atoms with Gasteiger partial charge in [0.15, 0.2) is 5.75 Å². The van der Waals surface area contributed by atoms with Crippen LogP contribution in [-0.2, 0) is 0 Å². The number of rotatable bonds is 3. The highest BCUT2D eigenvalue weighted by atomic mass is 32.1. The van der Waals surface area contributed by atoms with Gasteiger partial charge in [0, 0.05) is 23.8 Å². The first-order valence-corrected chi connectivity index (χ1v) is 6.42. The molecule has 2 heterocycles. The van der Waals surface area contributed by atoms with Crippen LogP contribution in [0, 0.1) is 0 Å². The van der Waals surface area contributed by atoms with E-state index >= 15 is 0 Å². The predicted molar refractivity (Wildman–Crippen MR) is 81.9 cm³/mol. The quantitative estimate of drug-likeness (QED) is 0.748. The maximum absolute atomic E-state index is 5.81. The third-order valence-corrected chi connectivity index (χ3v) is 3.00. The molecular formula is C15H11N3OS. The Morgan fingerprint density at radius 1 is 1.05 bits per heavy atom. The van der Waals surface area contributed by atoms with E-state index in [1.165, 1.54) is 0 Å². The van der Waals surface area contributed by atoms with Crippen LogP contribution >= 0.6 is 12.2 Å². The van der Waals surface area contributed by atoms with Gasteiger partial charge in [-0.1, -0.05) is 18.3 Å². The van der Waals surface area contributed by atoms with Gasteiger partial charge < -0.3 is 10.5 Å². The number of fused-ring (bicyclic) bond motifs is 1. The molecule has 3 aromatic rings. The van der Waals surface area contributed by atoms with Gasteiger partial charge in [-0.05, 0) is 30.3 Å². The standard InChI is InChI=1S/C15H11N3OS/c16-15(20)14-13(4-2-8-18-14)19-11-6-5-10-3-1-7-17-12(10)9-11/h1-9H,(H2,16,20). The number of aromatic nitrogens is 2. The second kappa shape index (κ2) is 5.22. The summed E-state index contributed by atoms with van der Waals surface area (Å²) in [7, 11) is 0. The lowest BCUT2D eigenvalue weighted by molar-refractivity contribution is 0.480. The Morgan fingerprint density at radius 2 is 1.85 bits per heavy atom. The summed E-state index contributed by atoms with van der Waals surface area (Å²) in [6.07, 6.45) is 3.37. The second-order valence-corrected chi connectivity index (χ2v) is 4.61. The van der Waals surface area contributed by atoms with Crippen LogP contribution in [0.3, 0.4) is 0 Å². The number of hydrogen-bond acceptors (Lipinski definition) is 4. The Morgan fingerprint density at radius 3 is 2.70 bits per heavy atom. The fraction of sp³-hybridized carbons (Fsp3) is 0. The van der Waals surface area contributed by atoms with Gasteiger partial charge in [-0.2, -0.15) is 0 Å². The Balaban J connectivity index is 1.99. The van der Waals surface area contributed by atoms with Crippen LogP contribution in [0.4, 0.5) is 0 Å². The Hall–Kier alpha value is -2.53. The average molecular weight is 281 g/mol. The smallest absolute Gasteiger partial charge is 0.156 e. The molecule has 5 heteroatoms. The van der Waals surface area contributed by atoms with E-state index < -0.39 is 0 Å². The maximum Gasteiger partial charge on any atom is 0.156 e. The molecule has 4 nitrogen and oxygen atoms in total. The number of nitrogens with zero attached hydrogens (tertiary/aromatic N) is 2. The molecule has 0 atom stereocenters. The number of ether oxygens (including phenoxy) is 1. The van der Waals surface area contributed by atoms with E-state index in [1.807, 2.05) is 30.3 Å². The van der Waals surface area contributed by atoms with Gasteiger partial charge in [-0.3, -0.25) is 4.98 Å². The molecule has 0 saturated heterocycles. The van der Waals surface area contributed by atoms with Crippen molar-refractivity contribution in [1.29, 1.82) is 0 Å². The highest BCUT2D eigenvalue weighted by molar-refractivity contribution is 7.80. The summed E-state index contributed by atoms with van der Waals surface area (Å²) >= 11 is 4.97. The van der Waals surface area contributed by atoms with Gasteiger partial charge in [-0.25, -0.2) is 4.98 Å².